The van der Waals surface area contributed by atoms with Crippen LogP contribution in [-0.4, -0.2) is 60.4 Å². The van der Waals surface area contributed by atoms with Gasteiger partial charge in [-0.15, -0.1) is 0 Å². The van der Waals surface area contributed by atoms with Crippen LogP contribution in [-0.2, 0) is 17.9 Å². The quantitative estimate of drug-likeness (QED) is 0.582. The van der Waals surface area contributed by atoms with Crippen LogP contribution < -0.4 is 10.6 Å². The van der Waals surface area contributed by atoms with E-state index in [0.29, 0.717) is 24.4 Å². The standard InChI is InChI=1S/C22H35N5O/c1-16(2)27-13-17(3)20(15-27)25-22(23-4)24-12-18-7-9-19(10-8-18)14-26-11-5-6-21(26)28/h7-10,16-17,20H,5-6,11-15H2,1-4H3,(H2,23,24,25). The van der Waals surface area contributed by atoms with Gasteiger partial charge in [-0.25, -0.2) is 0 Å². The molecule has 6 nitrogen and oxygen atoms in total. The number of hydrogen-bond donors (Lipinski definition) is 2. The van der Waals surface area contributed by atoms with E-state index in [1.807, 2.05) is 11.9 Å². The largest absolute Gasteiger partial charge is 0.352 e. The highest BCUT2D eigenvalue weighted by Crippen LogP contribution is 2.18. The van der Waals surface area contributed by atoms with E-state index in [0.717, 1.165) is 45.1 Å². The first-order valence-electron chi connectivity index (χ1n) is 10.5. The van der Waals surface area contributed by atoms with Crippen molar-refractivity contribution in [2.24, 2.45) is 10.9 Å². The van der Waals surface area contributed by atoms with Crippen LogP contribution in [0.25, 0.3) is 0 Å². The van der Waals surface area contributed by atoms with Crippen molar-refractivity contribution in [1.29, 1.82) is 0 Å². The minimum atomic E-state index is 0.276. The Labute approximate surface area is 169 Å². The van der Waals surface area contributed by atoms with Gasteiger partial charge in [0, 0.05) is 58.3 Å². The fourth-order valence-corrected chi connectivity index (χ4v) is 4.02. The predicted octanol–water partition coefficient (Wildman–Crippen LogP) is 2.20. The number of rotatable bonds is 6. The molecule has 6 heteroatoms. The molecule has 1 aromatic carbocycles. The van der Waals surface area contributed by atoms with E-state index in [1.165, 1.54) is 11.1 Å². The van der Waals surface area contributed by atoms with Crippen molar-refractivity contribution in [3.05, 3.63) is 35.4 Å². The number of nitrogens with zero attached hydrogens (tertiary/aromatic N) is 3. The highest BCUT2D eigenvalue weighted by Gasteiger charge is 2.31. The first-order valence-corrected chi connectivity index (χ1v) is 10.5. The van der Waals surface area contributed by atoms with E-state index in [4.69, 9.17) is 0 Å². The lowest BCUT2D eigenvalue weighted by atomic mass is 10.1. The molecule has 1 aromatic rings. The van der Waals surface area contributed by atoms with Gasteiger partial charge in [0.25, 0.3) is 0 Å². The second-order valence-electron chi connectivity index (χ2n) is 8.44. The molecule has 2 N–H and O–H groups in total. The third-order valence-corrected chi connectivity index (χ3v) is 5.94. The SMILES string of the molecule is CN=C(NCc1ccc(CN2CCCC2=O)cc1)NC1CN(C(C)C)CC1C. The van der Waals surface area contributed by atoms with Gasteiger partial charge in [-0.2, -0.15) is 0 Å². The van der Waals surface area contributed by atoms with E-state index in [-0.39, 0.29) is 5.91 Å². The van der Waals surface area contributed by atoms with Gasteiger partial charge >= 0.3 is 0 Å². The zero-order valence-corrected chi connectivity index (χ0v) is 17.7. The summed E-state index contributed by atoms with van der Waals surface area (Å²) in [4.78, 5) is 20.6. The molecule has 2 saturated heterocycles. The van der Waals surface area contributed by atoms with E-state index in [1.54, 1.807) is 0 Å². The molecule has 0 saturated carbocycles. The fraction of sp³-hybridized carbons (Fsp3) is 0.636. The van der Waals surface area contributed by atoms with Crippen LogP contribution in [0.5, 0.6) is 0 Å². The summed E-state index contributed by atoms with van der Waals surface area (Å²) in [7, 11) is 1.82. The summed E-state index contributed by atoms with van der Waals surface area (Å²) >= 11 is 0. The van der Waals surface area contributed by atoms with Crippen molar-refractivity contribution in [1.82, 2.24) is 20.4 Å². The summed E-state index contributed by atoms with van der Waals surface area (Å²) in [5.74, 6) is 1.74. The summed E-state index contributed by atoms with van der Waals surface area (Å²) in [6, 6.07) is 9.52. The molecule has 0 bridgehead atoms. The molecule has 2 fully saturated rings. The number of carbonyl (C=O) groups excluding carboxylic acids is 1. The summed E-state index contributed by atoms with van der Waals surface area (Å²) in [6.07, 6.45) is 1.68. The number of benzene rings is 1. The Morgan fingerprint density at radius 3 is 2.50 bits per heavy atom. The Morgan fingerprint density at radius 1 is 1.21 bits per heavy atom. The smallest absolute Gasteiger partial charge is 0.222 e. The maximum absolute atomic E-state index is 11.8. The average molecular weight is 386 g/mol. The topological polar surface area (TPSA) is 60.0 Å². The van der Waals surface area contributed by atoms with E-state index < -0.39 is 0 Å². The van der Waals surface area contributed by atoms with Crippen LogP contribution in [0.4, 0.5) is 0 Å². The van der Waals surface area contributed by atoms with Gasteiger partial charge in [0.15, 0.2) is 5.96 Å². The summed E-state index contributed by atoms with van der Waals surface area (Å²) in [5, 5.41) is 7.02. The Morgan fingerprint density at radius 2 is 1.93 bits per heavy atom. The van der Waals surface area contributed by atoms with Gasteiger partial charge < -0.3 is 15.5 Å². The van der Waals surface area contributed by atoms with Gasteiger partial charge in [-0.1, -0.05) is 31.2 Å². The summed E-state index contributed by atoms with van der Waals surface area (Å²) < 4.78 is 0. The molecule has 0 aliphatic carbocycles. The van der Waals surface area contributed by atoms with Crippen LogP contribution in [0.3, 0.4) is 0 Å². The molecule has 28 heavy (non-hydrogen) atoms. The number of aliphatic imine (C=N–C) groups is 1. The molecule has 2 atom stereocenters. The lowest BCUT2D eigenvalue weighted by molar-refractivity contribution is -0.128. The van der Waals surface area contributed by atoms with E-state index >= 15 is 0 Å². The second-order valence-corrected chi connectivity index (χ2v) is 8.44. The van der Waals surface area contributed by atoms with E-state index in [2.05, 4.69) is 65.6 Å². The number of likely N-dealkylation sites (tertiary alicyclic amines) is 2. The third kappa shape index (κ3) is 5.25. The minimum Gasteiger partial charge on any atom is -0.352 e. The Hall–Kier alpha value is -2.08. The average Bonchev–Trinajstić information content (AvgIpc) is 3.25. The van der Waals surface area contributed by atoms with Crippen molar-refractivity contribution in [2.45, 2.75) is 58.8 Å². The molecular weight excluding hydrogens is 350 g/mol. The molecule has 0 spiro atoms. The van der Waals surface area contributed by atoms with Gasteiger partial charge in [0.1, 0.15) is 0 Å². The molecular formula is C22H35N5O. The molecule has 2 aliphatic heterocycles. The molecule has 0 aromatic heterocycles. The zero-order chi connectivity index (χ0) is 20.1. The molecule has 154 valence electrons. The van der Waals surface area contributed by atoms with Gasteiger partial charge in [0.05, 0.1) is 0 Å². The molecule has 2 heterocycles. The molecule has 1 amide bonds. The van der Waals surface area contributed by atoms with Gasteiger partial charge in [-0.05, 0) is 37.3 Å². The first-order chi connectivity index (χ1) is 13.5. The Bertz CT molecular complexity index is 685. The zero-order valence-electron chi connectivity index (χ0n) is 17.7. The number of hydrogen-bond acceptors (Lipinski definition) is 3. The van der Waals surface area contributed by atoms with Crippen LogP contribution in [0.2, 0.25) is 0 Å². The highest BCUT2D eigenvalue weighted by atomic mass is 16.2. The van der Waals surface area contributed by atoms with Crippen molar-refractivity contribution < 1.29 is 4.79 Å². The third-order valence-electron chi connectivity index (χ3n) is 5.94. The lowest BCUT2D eigenvalue weighted by Crippen LogP contribution is -2.46. The molecule has 2 unspecified atom stereocenters. The van der Waals surface area contributed by atoms with Crippen LogP contribution in [0.1, 0.15) is 44.7 Å². The van der Waals surface area contributed by atoms with Gasteiger partial charge in [-0.3, -0.25) is 14.7 Å². The monoisotopic (exact) mass is 385 g/mol. The highest BCUT2D eigenvalue weighted by molar-refractivity contribution is 5.80. The fourth-order valence-electron chi connectivity index (χ4n) is 4.02. The minimum absolute atomic E-state index is 0.276. The summed E-state index contributed by atoms with van der Waals surface area (Å²) in [5.41, 5.74) is 2.40. The predicted molar refractivity (Wildman–Crippen MR) is 114 cm³/mol. The number of nitrogens with one attached hydrogen (secondary N) is 2. The molecule has 2 aliphatic rings. The van der Waals surface area contributed by atoms with Gasteiger partial charge in [0.2, 0.25) is 5.91 Å². The maximum atomic E-state index is 11.8. The second kappa shape index (κ2) is 9.41. The van der Waals surface area contributed by atoms with Crippen molar-refractivity contribution in [3.63, 3.8) is 0 Å². The normalized spacial score (nSPS) is 23.7. The Balaban J connectivity index is 1.48. The van der Waals surface area contributed by atoms with E-state index in [9.17, 15) is 4.79 Å². The maximum Gasteiger partial charge on any atom is 0.222 e. The molecule has 0 radical (unpaired) electrons. The summed E-state index contributed by atoms with van der Waals surface area (Å²) in [6.45, 7) is 11.3. The number of guanidine groups is 1. The number of amides is 1. The van der Waals surface area contributed by atoms with Crippen LogP contribution in [0, 0.1) is 5.92 Å². The number of carbonyl (C=O) groups is 1. The lowest BCUT2D eigenvalue weighted by Gasteiger charge is -2.22. The van der Waals surface area contributed by atoms with Crippen molar-refractivity contribution in [3.8, 4) is 0 Å². The van der Waals surface area contributed by atoms with Crippen LogP contribution >= 0.6 is 0 Å². The Kier molecular flexibility index (Phi) is 6.94. The van der Waals surface area contributed by atoms with Crippen molar-refractivity contribution in [2.75, 3.05) is 26.7 Å². The van der Waals surface area contributed by atoms with Crippen LogP contribution in [0.15, 0.2) is 29.3 Å². The molecule has 3 rings (SSSR count). The first kappa shape index (κ1) is 20.6. The van der Waals surface area contributed by atoms with Crippen molar-refractivity contribution >= 4 is 11.9 Å².